The van der Waals surface area contributed by atoms with Crippen LogP contribution in [-0.2, 0) is 14.3 Å². The quantitative estimate of drug-likeness (QED) is 0.384. The maximum Gasteiger partial charge on any atom is 0.333 e. The van der Waals surface area contributed by atoms with Crippen molar-refractivity contribution in [3.63, 3.8) is 0 Å². The largest absolute Gasteiger partial charge is 0.466 e. The molecule has 1 amide bonds. The first-order valence-corrected chi connectivity index (χ1v) is 6.19. The number of rotatable bonds is 8. The summed E-state index contributed by atoms with van der Waals surface area (Å²) in [5.41, 5.74) is 0.564. The molecule has 0 aromatic carbocycles. The molecule has 18 heavy (non-hydrogen) atoms. The molecule has 0 radical (unpaired) electrons. The Hall–Kier alpha value is -1.36. The van der Waals surface area contributed by atoms with E-state index in [1.165, 1.54) is 7.11 Å². The van der Waals surface area contributed by atoms with Crippen molar-refractivity contribution in [2.24, 2.45) is 5.92 Å². The van der Waals surface area contributed by atoms with Crippen molar-refractivity contribution < 1.29 is 14.3 Å². The van der Waals surface area contributed by atoms with Gasteiger partial charge in [0.25, 0.3) is 0 Å². The molecular weight excluding hydrogens is 232 g/mol. The van der Waals surface area contributed by atoms with E-state index in [1.54, 1.807) is 13.0 Å². The van der Waals surface area contributed by atoms with Gasteiger partial charge in [0.1, 0.15) is 0 Å². The predicted molar refractivity (Wildman–Crippen MR) is 71.1 cm³/mol. The Kier molecular flexibility index (Phi) is 8.92. The number of nitrogens with one attached hydrogen (secondary N) is 2. The molecule has 0 fully saturated rings. The van der Waals surface area contributed by atoms with Gasteiger partial charge in [-0.1, -0.05) is 19.9 Å². The molecule has 0 aliphatic rings. The Morgan fingerprint density at radius 1 is 1.33 bits per heavy atom. The van der Waals surface area contributed by atoms with Gasteiger partial charge in [-0.3, -0.25) is 4.79 Å². The van der Waals surface area contributed by atoms with Gasteiger partial charge < -0.3 is 15.4 Å². The fraction of sp³-hybridized carbons (Fsp3) is 0.692. The van der Waals surface area contributed by atoms with Crippen LogP contribution in [-0.4, -0.2) is 38.6 Å². The van der Waals surface area contributed by atoms with Crippen molar-refractivity contribution >= 4 is 11.9 Å². The second kappa shape index (κ2) is 9.65. The van der Waals surface area contributed by atoms with Crippen LogP contribution in [0.25, 0.3) is 0 Å². The average Bonchev–Trinajstić information content (AvgIpc) is 2.34. The summed E-state index contributed by atoms with van der Waals surface area (Å²) < 4.78 is 4.56. The van der Waals surface area contributed by atoms with Gasteiger partial charge in [0.05, 0.1) is 7.11 Å². The number of hydrogen-bond donors (Lipinski definition) is 2. The van der Waals surface area contributed by atoms with Crippen LogP contribution in [0, 0.1) is 5.92 Å². The fourth-order valence-electron chi connectivity index (χ4n) is 1.18. The lowest BCUT2D eigenvalue weighted by Gasteiger charge is -2.07. The highest BCUT2D eigenvalue weighted by Gasteiger charge is 2.03. The molecular formula is C13H24N2O3. The molecule has 0 heterocycles. The summed E-state index contributed by atoms with van der Waals surface area (Å²) in [5, 5.41) is 5.91. The van der Waals surface area contributed by atoms with E-state index in [9.17, 15) is 9.59 Å². The summed E-state index contributed by atoms with van der Waals surface area (Å²) in [6.45, 7) is 7.66. The fourth-order valence-corrected chi connectivity index (χ4v) is 1.18. The zero-order chi connectivity index (χ0) is 14.0. The molecule has 0 unspecified atom stereocenters. The minimum atomic E-state index is -0.327. The number of methoxy groups -OCH3 is 1. The van der Waals surface area contributed by atoms with E-state index < -0.39 is 0 Å². The zero-order valence-electron chi connectivity index (χ0n) is 11.7. The maximum absolute atomic E-state index is 11.4. The van der Waals surface area contributed by atoms with Crippen LogP contribution in [0.4, 0.5) is 0 Å². The normalized spacial score (nSPS) is 11.5. The standard InChI is InChI=1S/C13H24N2O3/c1-10(2)9-15-12(16)6-8-14-7-5-11(3)13(17)18-4/h5,10,14H,6-9H2,1-4H3,(H,15,16). The van der Waals surface area contributed by atoms with E-state index in [-0.39, 0.29) is 11.9 Å². The molecule has 0 rings (SSSR count). The number of esters is 1. The molecule has 0 saturated carbocycles. The lowest BCUT2D eigenvalue weighted by Crippen LogP contribution is -2.30. The van der Waals surface area contributed by atoms with Crippen LogP contribution in [0.2, 0.25) is 0 Å². The van der Waals surface area contributed by atoms with Crippen molar-refractivity contribution in [2.75, 3.05) is 26.7 Å². The van der Waals surface area contributed by atoms with Gasteiger partial charge in [-0.25, -0.2) is 4.79 Å². The van der Waals surface area contributed by atoms with Crippen LogP contribution < -0.4 is 10.6 Å². The van der Waals surface area contributed by atoms with E-state index in [2.05, 4.69) is 29.2 Å². The molecule has 0 saturated heterocycles. The molecule has 0 aromatic heterocycles. The molecule has 0 bridgehead atoms. The van der Waals surface area contributed by atoms with Crippen LogP contribution in [0.5, 0.6) is 0 Å². The van der Waals surface area contributed by atoms with E-state index in [0.717, 1.165) is 0 Å². The maximum atomic E-state index is 11.4. The van der Waals surface area contributed by atoms with Gasteiger partial charge in [0, 0.05) is 31.6 Å². The van der Waals surface area contributed by atoms with Crippen molar-refractivity contribution in [3.8, 4) is 0 Å². The number of carbonyl (C=O) groups excluding carboxylic acids is 2. The summed E-state index contributed by atoms with van der Waals surface area (Å²) in [7, 11) is 1.35. The number of amides is 1. The minimum Gasteiger partial charge on any atom is -0.466 e. The third-order valence-corrected chi connectivity index (χ3v) is 2.30. The van der Waals surface area contributed by atoms with Gasteiger partial charge in [0.15, 0.2) is 0 Å². The van der Waals surface area contributed by atoms with Gasteiger partial charge in [-0.05, 0) is 12.8 Å². The van der Waals surface area contributed by atoms with Gasteiger partial charge in [-0.15, -0.1) is 0 Å². The predicted octanol–water partition coefficient (Wildman–Crippen LogP) is 0.858. The zero-order valence-corrected chi connectivity index (χ0v) is 11.7. The van der Waals surface area contributed by atoms with Crippen LogP contribution in [0.15, 0.2) is 11.6 Å². The van der Waals surface area contributed by atoms with Crippen LogP contribution in [0.3, 0.4) is 0 Å². The van der Waals surface area contributed by atoms with Gasteiger partial charge in [0.2, 0.25) is 5.91 Å². The number of carbonyl (C=O) groups is 2. The second-order valence-electron chi connectivity index (χ2n) is 4.53. The van der Waals surface area contributed by atoms with E-state index in [1.807, 2.05) is 0 Å². The molecule has 0 aliphatic heterocycles. The van der Waals surface area contributed by atoms with E-state index in [0.29, 0.717) is 37.5 Å². The summed E-state index contributed by atoms with van der Waals surface area (Å²) in [6, 6.07) is 0. The highest BCUT2D eigenvalue weighted by molar-refractivity contribution is 5.87. The highest BCUT2D eigenvalue weighted by atomic mass is 16.5. The summed E-state index contributed by atoms with van der Waals surface area (Å²) in [4.78, 5) is 22.4. The molecule has 5 heteroatoms. The highest BCUT2D eigenvalue weighted by Crippen LogP contribution is 1.93. The first kappa shape index (κ1) is 16.6. The number of hydrogen-bond acceptors (Lipinski definition) is 4. The SMILES string of the molecule is COC(=O)C(C)=CCNCCC(=O)NCC(C)C. The Morgan fingerprint density at radius 2 is 2.00 bits per heavy atom. The molecule has 0 aliphatic carbocycles. The summed E-state index contributed by atoms with van der Waals surface area (Å²) >= 11 is 0. The average molecular weight is 256 g/mol. The topological polar surface area (TPSA) is 67.4 Å². The molecule has 0 atom stereocenters. The monoisotopic (exact) mass is 256 g/mol. The van der Waals surface area contributed by atoms with E-state index in [4.69, 9.17) is 0 Å². The van der Waals surface area contributed by atoms with Crippen molar-refractivity contribution in [1.29, 1.82) is 0 Å². The Labute approximate surface area is 109 Å². The van der Waals surface area contributed by atoms with Gasteiger partial charge >= 0.3 is 5.97 Å². The molecule has 104 valence electrons. The lowest BCUT2D eigenvalue weighted by atomic mass is 10.2. The Morgan fingerprint density at radius 3 is 2.56 bits per heavy atom. The summed E-state index contributed by atoms with van der Waals surface area (Å²) in [5.74, 6) is 0.184. The second-order valence-corrected chi connectivity index (χ2v) is 4.53. The van der Waals surface area contributed by atoms with Crippen LogP contribution >= 0.6 is 0 Å². The summed E-state index contributed by atoms with van der Waals surface area (Å²) in [6.07, 6.45) is 2.19. The third-order valence-electron chi connectivity index (χ3n) is 2.30. The Balaban J connectivity index is 3.62. The first-order valence-electron chi connectivity index (χ1n) is 6.19. The van der Waals surface area contributed by atoms with Crippen LogP contribution in [0.1, 0.15) is 27.2 Å². The minimum absolute atomic E-state index is 0.0462. The lowest BCUT2D eigenvalue weighted by molar-refractivity contribution is -0.136. The van der Waals surface area contributed by atoms with Crippen molar-refractivity contribution in [2.45, 2.75) is 27.2 Å². The molecule has 2 N–H and O–H groups in total. The van der Waals surface area contributed by atoms with E-state index >= 15 is 0 Å². The molecule has 0 aromatic rings. The van der Waals surface area contributed by atoms with Crippen molar-refractivity contribution in [3.05, 3.63) is 11.6 Å². The molecule has 0 spiro atoms. The third kappa shape index (κ3) is 8.75. The van der Waals surface area contributed by atoms with Crippen molar-refractivity contribution in [1.82, 2.24) is 10.6 Å². The first-order chi connectivity index (χ1) is 8.47. The molecule has 5 nitrogen and oxygen atoms in total. The van der Waals surface area contributed by atoms with Gasteiger partial charge in [-0.2, -0.15) is 0 Å². The Bertz CT molecular complexity index is 299. The number of ether oxygens (including phenoxy) is 1. The smallest absolute Gasteiger partial charge is 0.333 e.